The van der Waals surface area contributed by atoms with Gasteiger partial charge in [0, 0.05) is 25.3 Å². The third kappa shape index (κ3) is 5.39. The van der Waals surface area contributed by atoms with E-state index in [1.165, 1.54) is 24.9 Å². The molecule has 0 aromatic heterocycles. The summed E-state index contributed by atoms with van der Waals surface area (Å²) in [6, 6.07) is 15.7. The molecule has 1 aliphatic rings. The van der Waals surface area contributed by atoms with Gasteiger partial charge in [0.05, 0.1) is 7.11 Å². The Balaban J connectivity index is 1.47. The minimum Gasteiger partial charge on any atom is -0.497 e. The highest BCUT2D eigenvalue weighted by Gasteiger charge is 2.15. The number of hydrogen-bond donors (Lipinski definition) is 1. The first kappa shape index (κ1) is 19.1. The van der Waals surface area contributed by atoms with E-state index in [-0.39, 0.29) is 5.91 Å². The standard InChI is InChI=1S/C22H28N2O3/c1-17(27-21-12-10-20(26-2)11-13-21)22(25)23-16-18-6-8-19(9-7-18)24-14-4-3-5-15-24/h6-13,17H,3-5,14-16H2,1-2H3,(H,23,25). The fraction of sp³-hybridized carbons (Fsp3) is 0.409. The van der Waals surface area contributed by atoms with Gasteiger partial charge >= 0.3 is 0 Å². The van der Waals surface area contributed by atoms with Crippen LogP contribution in [0.1, 0.15) is 31.7 Å². The van der Waals surface area contributed by atoms with Crippen LogP contribution < -0.4 is 19.7 Å². The molecule has 1 amide bonds. The second kappa shape index (κ2) is 9.31. The fourth-order valence-corrected chi connectivity index (χ4v) is 3.22. The van der Waals surface area contributed by atoms with E-state index < -0.39 is 6.10 Å². The van der Waals surface area contributed by atoms with Gasteiger partial charge in [-0.05, 0) is 68.1 Å². The lowest BCUT2D eigenvalue weighted by molar-refractivity contribution is -0.127. The molecule has 144 valence electrons. The van der Waals surface area contributed by atoms with Crippen molar-refractivity contribution in [3.63, 3.8) is 0 Å². The van der Waals surface area contributed by atoms with Crippen LogP contribution in [0.25, 0.3) is 0 Å². The van der Waals surface area contributed by atoms with Crippen molar-refractivity contribution in [2.45, 2.75) is 38.8 Å². The Labute approximate surface area is 161 Å². The van der Waals surface area contributed by atoms with Crippen LogP contribution in [-0.2, 0) is 11.3 Å². The van der Waals surface area contributed by atoms with E-state index in [0.717, 1.165) is 24.4 Å². The van der Waals surface area contributed by atoms with Gasteiger partial charge in [-0.15, -0.1) is 0 Å². The Bertz CT molecular complexity index is 722. The van der Waals surface area contributed by atoms with E-state index in [1.54, 1.807) is 26.2 Å². The zero-order chi connectivity index (χ0) is 19.1. The first-order chi connectivity index (χ1) is 13.2. The zero-order valence-corrected chi connectivity index (χ0v) is 16.1. The van der Waals surface area contributed by atoms with Gasteiger partial charge in [0.25, 0.3) is 5.91 Å². The third-order valence-corrected chi connectivity index (χ3v) is 4.87. The van der Waals surface area contributed by atoms with Crippen LogP contribution in [0.5, 0.6) is 11.5 Å². The minimum atomic E-state index is -0.564. The quantitative estimate of drug-likeness (QED) is 0.808. The number of carbonyl (C=O) groups excluding carboxylic acids is 1. The molecule has 0 bridgehead atoms. The molecule has 1 saturated heterocycles. The summed E-state index contributed by atoms with van der Waals surface area (Å²) in [5.41, 5.74) is 2.35. The number of methoxy groups -OCH3 is 1. The Morgan fingerprint density at radius 1 is 1.00 bits per heavy atom. The average Bonchev–Trinajstić information content (AvgIpc) is 2.73. The summed E-state index contributed by atoms with van der Waals surface area (Å²) in [4.78, 5) is 14.7. The maximum atomic E-state index is 12.3. The number of carbonyl (C=O) groups is 1. The van der Waals surface area contributed by atoms with Gasteiger partial charge in [0.2, 0.25) is 0 Å². The highest BCUT2D eigenvalue weighted by atomic mass is 16.5. The van der Waals surface area contributed by atoms with E-state index in [0.29, 0.717) is 12.3 Å². The molecule has 1 unspecified atom stereocenters. The summed E-state index contributed by atoms with van der Waals surface area (Å²) in [5, 5.41) is 2.94. The Morgan fingerprint density at radius 2 is 1.63 bits per heavy atom. The third-order valence-electron chi connectivity index (χ3n) is 4.87. The van der Waals surface area contributed by atoms with Crippen LogP contribution in [0.4, 0.5) is 5.69 Å². The van der Waals surface area contributed by atoms with Gasteiger partial charge in [-0.25, -0.2) is 0 Å². The number of anilines is 1. The van der Waals surface area contributed by atoms with Crippen molar-refractivity contribution < 1.29 is 14.3 Å². The van der Waals surface area contributed by atoms with Gasteiger partial charge in [-0.3, -0.25) is 4.79 Å². The van der Waals surface area contributed by atoms with Crippen LogP contribution in [0.3, 0.4) is 0 Å². The molecule has 1 fully saturated rings. The smallest absolute Gasteiger partial charge is 0.261 e. The predicted molar refractivity (Wildman–Crippen MR) is 107 cm³/mol. The molecule has 0 radical (unpaired) electrons. The van der Waals surface area contributed by atoms with Crippen molar-refractivity contribution >= 4 is 11.6 Å². The molecular weight excluding hydrogens is 340 g/mol. The van der Waals surface area contributed by atoms with E-state index in [4.69, 9.17) is 9.47 Å². The van der Waals surface area contributed by atoms with Gasteiger partial charge in [0.1, 0.15) is 11.5 Å². The van der Waals surface area contributed by atoms with Gasteiger partial charge in [0.15, 0.2) is 6.10 Å². The van der Waals surface area contributed by atoms with E-state index in [2.05, 4.69) is 34.5 Å². The molecule has 0 saturated carbocycles. The van der Waals surface area contributed by atoms with Crippen molar-refractivity contribution in [2.75, 3.05) is 25.1 Å². The van der Waals surface area contributed by atoms with Crippen LogP contribution in [0, 0.1) is 0 Å². The van der Waals surface area contributed by atoms with Crippen LogP contribution >= 0.6 is 0 Å². The Hall–Kier alpha value is -2.69. The van der Waals surface area contributed by atoms with Crippen LogP contribution in [0.15, 0.2) is 48.5 Å². The molecule has 1 atom stereocenters. The molecule has 27 heavy (non-hydrogen) atoms. The molecule has 5 heteroatoms. The minimum absolute atomic E-state index is 0.133. The highest BCUT2D eigenvalue weighted by molar-refractivity contribution is 5.80. The lowest BCUT2D eigenvalue weighted by Crippen LogP contribution is -2.35. The number of nitrogens with zero attached hydrogens (tertiary/aromatic N) is 1. The second-order valence-electron chi connectivity index (χ2n) is 6.87. The molecule has 5 nitrogen and oxygen atoms in total. The number of ether oxygens (including phenoxy) is 2. The van der Waals surface area contributed by atoms with E-state index >= 15 is 0 Å². The number of rotatable bonds is 7. The van der Waals surface area contributed by atoms with E-state index in [9.17, 15) is 4.79 Å². The number of amides is 1. The van der Waals surface area contributed by atoms with Crippen molar-refractivity contribution in [3.05, 3.63) is 54.1 Å². The van der Waals surface area contributed by atoms with Crippen LogP contribution in [-0.4, -0.2) is 32.2 Å². The molecule has 3 rings (SSSR count). The number of piperidine rings is 1. The first-order valence-electron chi connectivity index (χ1n) is 9.58. The van der Waals surface area contributed by atoms with Crippen molar-refractivity contribution in [1.82, 2.24) is 5.32 Å². The fourth-order valence-electron chi connectivity index (χ4n) is 3.22. The molecular formula is C22H28N2O3. The summed E-state index contributed by atoms with van der Waals surface area (Å²) in [6.45, 7) is 4.51. The van der Waals surface area contributed by atoms with Crippen LogP contribution in [0.2, 0.25) is 0 Å². The summed E-state index contributed by atoms with van der Waals surface area (Å²) in [5.74, 6) is 1.27. The summed E-state index contributed by atoms with van der Waals surface area (Å²) in [7, 11) is 1.62. The number of hydrogen-bond acceptors (Lipinski definition) is 4. The molecule has 1 aliphatic heterocycles. The average molecular weight is 368 g/mol. The molecule has 0 aliphatic carbocycles. The monoisotopic (exact) mass is 368 g/mol. The summed E-state index contributed by atoms with van der Waals surface area (Å²) < 4.78 is 10.8. The zero-order valence-electron chi connectivity index (χ0n) is 16.1. The van der Waals surface area contributed by atoms with Gasteiger partial charge in [-0.2, -0.15) is 0 Å². The molecule has 2 aromatic carbocycles. The molecule has 1 heterocycles. The summed E-state index contributed by atoms with van der Waals surface area (Å²) in [6.07, 6.45) is 3.30. The number of nitrogens with one attached hydrogen (secondary N) is 1. The Kier molecular flexibility index (Phi) is 6.58. The summed E-state index contributed by atoms with van der Waals surface area (Å²) >= 11 is 0. The lowest BCUT2D eigenvalue weighted by Gasteiger charge is -2.28. The second-order valence-corrected chi connectivity index (χ2v) is 6.87. The maximum Gasteiger partial charge on any atom is 0.261 e. The predicted octanol–water partition coefficient (Wildman–Crippen LogP) is 3.77. The van der Waals surface area contributed by atoms with Crippen molar-refractivity contribution in [2.24, 2.45) is 0 Å². The molecule has 2 aromatic rings. The van der Waals surface area contributed by atoms with Crippen molar-refractivity contribution in [1.29, 1.82) is 0 Å². The highest BCUT2D eigenvalue weighted by Crippen LogP contribution is 2.20. The van der Waals surface area contributed by atoms with Gasteiger partial charge in [-0.1, -0.05) is 12.1 Å². The number of benzene rings is 2. The SMILES string of the molecule is COc1ccc(OC(C)C(=O)NCc2ccc(N3CCCCC3)cc2)cc1. The van der Waals surface area contributed by atoms with Crippen molar-refractivity contribution in [3.8, 4) is 11.5 Å². The topological polar surface area (TPSA) is 50.8 Å². The molecule has 0 spiro atoms. The van der Waals surface area contributed by atoms with E-state index in [1.807, 2.05) is 12.1 Å². The maximum absolute atomic E-state index is 12.3. The first-order valence-corrected chi connectivity index (χ1v) is 9.58. The van der Waals surface area contributed by atoms with Gasteiger partial charge < -0.3 is 19.7 Å². The molecule has 1 N–H and O–H groups in total. The Morgan fingerprint density at radius 3 is 2.26 bits per heavy atom. The normalized spacial score (nSPS) is 15.1. The lowest BCUT2D eigenvalue weighted by atomic mass is 10.1. The largest absolute Gasteiger partial charge is 0.497 e.